The lowest BCUT2D eigenvalue weighted by Crippen LogP contribution is -2.44. The van der Waals surface area contributed by atoms with E-state index in [0.29, 0.717) is 13.1 Å². The predicted molar refractivity (Wildman–Crippen MR) is 97.7 cm³/mol. The quantitative estimate of drug-likeness (QED) is 0.900. The topological polar surface area (TPSA) is 78.1 Å². The molecule has 0 fully saturated rings. The van der Waals surface area contributed by atoms with Gasteiger partial charge in [0.25, 0.3) is 0 Å². The van der Waals surface area contributed by atoms with Gasteiger partial charge in [0.15, 0.2) is 0 Å². The molecule has 0 spiro atoms. The van der Waals surface area contributed by atoms with Gasteiger partial charge in [0.1, 0.15) is 5.65 Å². The van der Waals surface area contributed by atoms with Crippen LogP contribution in [-0.4, -0.2) is 46.3 Å². The highest BCUT2D eigenvalue weighted by atomic mass is 16.2. The molecule has 0 bridgehead atoms. The number of nitrogens with zero attached hydrogens (tertiary/aromatic N) is 2. The lowest BCUT2D eigenvalue weighted by molar-refractivity contribution is -0.135. The minimum absolute atomic E-state index is 0.0477. The van der Waals surface area contributed by atoms with E-state index in [2.05, 4.69) is 27.4 Å². The number of pyridine rings is 1. The van der Waals surface area contributed by atoms with Gasteiger partial charge in [-0.25, -0.2) is 4.98 Å². The van der Waals surface area contributed by atoms with Crippen molar-refractivity contribution in [3.05, 3.63) is 36.2 Å². The normalized spacial score (nSPS) is 15.2. The van der Waals surface area contributed by atoms with E-state index in [1.165, 1.54) is 5.57 Å². The number of fused-ring (bicyclic) bond motifs is 1. The Morgan fingerprint density at radius 2 is 2.16 bits per heavy atom. The molecule has 6 heteroatoms. The van der Waals surface area contributed by atoms with Crippen LogP contribution in [0.3, 0.4) is 0 Å². The molecular formula is C19H24N4O2. The molecule has 2 amide bonds. The second kappa shape index (κ2) is 6.70. The standard InChI is InChI=1S/C19H24N4O2/c1-19(2,3)18(25)22-12-16(24)23-9-6-13(7-10-23)15-11-21-17-14(15)5-4-8-20-17/h4-6,8,11H,7,9-10,12H2,1-3H3,(H,20,21)(H,22,25). The molecule has 3 rings (SSSR count). The van der Waals surface area contributed by atoms with E-state index >= 15 is 0 Å². The molecule has 0 aliphatic carbocycles. The maximum Gasteiger partial charge on any atom is 0.242 e. The van der Waals surface area contributed by atoms with Gasteiger partial charge in [0.05, 0.1) is 6.54 Å². The number of amides is 2. The summed E-state index contributed by atoms with van der Waals surface area (Å²) in [5, 5.41) is 3.82. The molecule has 1 aliphatic rings. The van der Waals surface area contributed by atoms with Gasteiger partial charge in [0, 0.05) is 41.8 Å². The van der Waals surface area contributed by atoms with Crippen LogP contribution in [0.15, 0.2) is 30.6 Å². The highest BCUT2D eigenvalue weighted by Gasteiger charge is 2.24. The zero-order chi connectivity index (χ0) is 18.0. The average molecular weight is 340 g/mol. The van der Waals surface area contributed by atoms with Crippen molar-refractivity contribution in [2.75, 3.05) is 19.6 Å². The van der Waals surface area contributed by atoms with E-state index in [1.807, 2.05) is 33.0 Å². The molecule has 0 radical (unpaired) electrons. The molecule has 2 N–H and O–H groups in total. The fourth-order valence-electron chi connectivity index (χ4n) is 2.89. The largest absolute Gasteiger partial charge is 0.347 e. The van der Waals surface area contributed by atoms with Gasteiger partial charge in [-0.15, -0.1) is 0 Å². The Labute approximate surface area is 147 Å². The number of carbonyl (C=O) groups excluding carboxylic acids is 2. The maximum atomic E-state index is 12.3. The third kappa shape index (κ3) is 3.73. The molecule has 0 unspecified atom stereocenters. The summed E-state index contributed by atoms with van der Waals surface area (Å²) in [6.45, 7) is 6.77. The second-order valence-corrected chi connectivity index (χ2v) is 7.35. The van der Waals surface area contributed by atoms with Crippen LogP contribution in [-0.2, 0) is 9.59 Å². The first-order valence-electron chi connectivity index (χ1n) is 8.54. The summed E-state index contributed by atoms with van der Waals surface area (Å²) >= 11 is 0. The van der Waals surface area contributed by atoms with E-state index < -0.39 is 5.41 Å². The molecule has 0 atom stereocenters. The molecule has 2 aromatic heterocycles. The molecular weight excluding hydrogens is 316 g/mol. The van der Waals surface area contributed by atoms with Crippen molar-refractivity contribution in [3.8, 4) is 0 Å². The number of hydrogen-bond donors (Lipinski definition) is 2. The third-order valence-electron chi connectivity index (χ3n) is 4.44. The average Bonchev–Trinajstić information content (AvgIpc) is 3.02. The lowest BCUT2D eigenvalue weighted by atomic mass is 9.96. The first-order valence-corrected chi connectivity index (χ1v) is 8.54. The number of rotatable bonds is 3. The van der Waals surface area contributed by atoms with Crippen molar-refractivity contribution in [2.45, 2.75) is 27.2 Å². The molecule has 132 valence electrons. The fraction of sp³-hybridized carbons (Fsp3) is 0.421. The minimum Gasteiger partial charge on any atom is -0.347 e. The number of nitrogens with one attached hydrogen (secondary N) is 2. The molecule has 25 heavy (non-hydrogen) atoms. The van der Waals surface area contributed by atoms with Gasteiger partial charge in [-0.1, -0.05) is 26.8 Å². The SMILES string of the molecule is CC(C)(C)C(=O)NCC(=O)N1CC=C(c2c[nH]c3ncccc23)CC1. The molecule has 3 heterocycles. The van der Waals surface area contributed by atoms with Crippen molar-refractivity contribution < 1.29 is 9.59 Å². The summed E-state index contributed by atoms with van der Waals surface area (Å²) in [5.41, 5.74) is 2.76. The Morgan fingerprint density at radius 1 is 1.36 bits per heavy atom. The van der Waals surface area contributed by atoms with Crippen LogP contribution in [0.2, 0.25) is 0 Å². The number of carbonyl (C=O) groups is 2. The van der Waals surface area contributed by atoms with Crippen LogP contribution in [0.1, 0.15) is 32.8 Å². The van der Waals surface area contributed by atoms with Crippen LogP contribution in [0, 0.1) is 5.41 Å². The Bertz CT molecular complexity index is 829. The first kappa shape index (κ1) is 17.2. The summed E-state index contributed by atoms with van der Waals surface area (Å²) in [6.07, 6.45) is 6.62. The molecule has 0 aromatic carbocycles. The van der Waals surface area contributed by atoms with Crippen LogP contribution in [0.5, 0.6) is 0 Å². The van der Waals surface area contributed by atoms with Crippen molar-refractivity contribution in [1.29, 1.82) is 0 Å². The Morgan fingerprint density at radius 3 is 2.84 bits per heavy atom. The van der Waals surface area contributed by atoms with E-state index in [-0.39, 0.29) is 18.4 Å². The first-order chi connectivity index (χ1) is 11.9. The number of aromatic nitrogens is 2. The van der Waals surface area contributed by atoms with E-state index in [4.69, 9.17) is 0 Å². The Hall–Kier alpha value is -2.63. The monoisotopic (exact) mass is 340 g/mol. The van der Waals surface area contributed by atoms with E-state index in [0.717, 1.165) is 23.0 Å². The Balaban J connectivity index is 1.62. The molecule has 1 aliphatic heterocycles. The zero-order valence-corrected chi connectivity index (χ0v) is 14.9. The number of H-pyrrole nitrogens is 1. The minimum atomic E-state index is -0.487. The third-order valence-corrected chi connectivity index (χ3v) is 4.44. The highest BCUT2D eigenvalue weighted by Crippen LogP contribution is 2.28. The zero-order valence-electron chi connectivity index (χ0n) is 14.9. The van der Waals surface area contributed by atoms with Crippen molar-refractivity contribution in [1.82, 2.24) is 20.2 Å². The summed E-state index contributed by atoms with van der Waals surface area (Å²) in [5.74, 6) is -0.158. The predicted octanol–water partition coefficient (Wildman–Crippen LogP) is 2.34. The second-order valence-electron chi connectivity index (χ2n) is 7.35. The summed E-state index contributed by atoms with van der Waals surface area (Å²) in [7, 11) is 0. The highest BCUT2D eigenvalue weighted by molar-refractivity contribution is 5.91. The smallest absolute Gasteiger partial charge is 0.242 e. The Kier molecular flexibility index (Phi) is 4.61. The van der Waals surface area contributed by atoms with Crippen LogP contribution in [0.4, 0.5) is 0 Å². The molecule has 6 nitrogen and oxygen atoms in total. The van der Waals surface area contributed by atoms with E-state index in [1.54, 1.807) is 11.1 Å². The van der Waals surface area contributed by atoms with E-state index in [9.17, 15) is 9.59 Å². The summed E-state index contributed by atoms with van der Waals surface area (Å²) in [4.78, 5) is 33.5. The van der Waals surface area contributed by atoms with Gasteiger partial charge >= 0.3 is 0 Å². The van der Waals surface area contributed by atoms with Gasteiger partial charge in [-0.2, -0.15) is 0 Å². The maximum absolute atomic E-state index is 12.3. The van der Waals surface area contributed by atoms with Crippen molar-refractivity contribution in [3.63, 3.8) is 0 Å². The molecule has 2 aromatic rings. The van der Waals surface area contributed by atoms with Gasteiger partial charge in [0.2, 0.25) is 11.8 Å². The number of hydrogen-bond acceptors (Lipinski definition) is 3. The van der Waals surface area contributed by atoms with Gasteiger partial charge in [-0.3, -0.25) is 9.59 Å². The number of aromatic amines is 1. The summed E-state index contributed by atoms with van der Waals surface area (Å²) in [6, 6.07) is 3.98. The van der Waals surface area contributed by atoms with Crippen LogP contribution in [0.25, 0.3) is 16.6 Å². The van der Waals surface area contributed by atoms with Crippen LogP contribution < -0.4 is 5.32 Å². The van der Waals surface area contributed by atoms with Gasteiger partial charge in [-0.05, 0) is 24.1 Å². The van der Waals surface area contributed by atoms with Crippen molar-refractivity contribution >= 4 is 28.4 Å². The van der Waals surface area contributed by atoms with Gasteiger partial charge < -0.3 is 15.2 Å². The molecule has 0 saturated carbocycles. The van der Waals surface area contributed by atoms with Crippen molar-refractivity contribution in [2.24, 2.45) is 5.41 Å². The summed E-state index contributed by atoms with van der Waals surface area (Å²) < 4.78 is 0. The lowest BCUT2D eigenvalue weighted by Gasteiger charge is -2.27. The molecule has 0 saturated heterocycles. The fourth-order valence-corrected chi connectivity index (χ4v) is 2.89. The van der Waals surface area contributed by atoms with Crippen LogP contribution >= 0.6 is 0 Å².